The summed E-state index contributed by atoms with van der Waals surface area (Å²) in [5, 5.41) is 13.5. The maximum absolute atomic E-state index is 12.4. The number of nitrogens with zero attached hydrogens (tertiary/aromatic N) is 3. The molecule has 18 heavy (non-hydrogen) atoms. The molecule has 1 N–H and O–H groups in total. The lowest BCUT2D eigenvalue weighted by Gasteiger charge is -2.34. The topological polar surface area (TPSA) is 58.4 Å². The largest absolute Gasteiger partial charge is 0.393 e. The Labute approximate surface area is 107 Å². The first kappa shape index (κ1) is 13.1. The third-order valence-electron chi connectivity index (χ3n) is 3.81. The highest BCUT2D eigenvalue weighted by atomic mass is 16.3. The maximum Gasteiger partial charge on any atom is 0.257 e. The van der Waals surface area contributed by atoms with Gasteiger partial charge in [-0.05, 0) is 32.6 Å². The summed E-state index contributed by atoms with van der Waals surface area (Å²) in [5.41, 5.74) is 2.39. The fourth-order valence-electron chi connectivity index (χ4n) is 2.59. The van der Waals surface area contributed by atoms with E-state index in [-0.39, 0.29) is 12.0 Å². The van der Waals surface area contributed by atoms with Gasteiger partial charge in [0.15, 0.2) is 0 Å². The molecule has 100 valence electrons. The van der Waals surface area contributed by atoms with Crippen molar-refractivity contribution in [3.05, 3.63) is 17.0 Å². The molecule has 0 aliphatic heterocycles. The van der Waals surface area contributed by atoms with Gasteiger partial charge in [-0.15, -0.1) is 0 Å². The van der Waals surface area contributed by atoms with E-state index in [0.717, 1.165) is 24.2 Å². The van der Waals surface area contributed by atoms with Crippen molar-refractivity contribution in [2.45, 2.75) is 32.8 Å². The second kappa shape index (κ2) is 4.72. The molecule has 1 aromatic rings. The van der Waals surface area contributed by atoms with Crippen LogP contribution in [0.25, 0.3) is 0 Å². The Morgan fingerprint density at radius 2 is 2.11 bits per heavy atom. The minimum Gasteiger partial charge on any atom is -0.393 e. The van der Waals surface area contributed by atoms with Crippen LogP contribution in [-0.2, 0) is 7.05 Å². The lowest BCUT2D eigenvalue weighted by molar-refractivity contribution is 0.0265. The van der Waals surface area contributed by atoms with Crippen molar-refractivity contribution >= 4 is 5.91 Å². The lowest BCUT2D eigenvalue weighted by Crippen LogP contribution is -2.39. The van der Waals surface area contributed by atoms with Crippen LogP contribution in [0, 0.1) is 19.8 Å². The average molecular weight is 251 g/mol. The van der Waals surface area contributed by atoms with E-state index in [0.29, 0.717) is 18.0 Å². The third kappa shape index (κ3) is 2.27. The minimum absolute atomic E-state index is 0.0273. The molecule has 0 atom stereocenters. The fraction of sp³-hybridized carbons (Fsp3) is 0.692. The van der Waals surface area contributed by atoms with Crippen molar-refractivity contribution in [1.82, 2.24) is 14.7 Å². The van der Waals surface area contributed by atoms with Gasteiger partial charge in [0.2, 0.25) is 0 Å². The first-order valence-corrected chi connectivity index (χ1v) is 6.34. The summed E-state index contributed by atoms with van der Waals surface area (Å²) in [6, 6.07) is 0. The number of hydrogen-bond donors (Lipinski definition) is 1. The van der Waals surface area contributed by atoms with Crippen molar-refractivity contribution in [2.24, 2.45) is 13.0 Å². The van der Waals surface area contributed by atoms with Crippen LogP contribution < -0.4 is 0 Å². The van der Waals surface area contributed by atoms with Gasteiger partial charge in [0.05, 0.1) is 17.4 Å². The van der Waals surface area contributed by atoms with Crippen molar-refractivity contribution in [1.29, 1.82) is 0 Å². The summed E-state index contributed by atoms with van der Waals surface area (Å²) < 4.78 is 1.74. The molecule has 1 aliphatic carbocycles. The van der Waals surface area contributed by atoms with E-state index in [4.69, 9.17) is 0 Å². The van der Waals surface area contributed by atoms with Crippen LogP contribution in [0.1, 0.15) is 34.6 Å². The van der Waals surface area contributed by atoms with Gasteiger partial charge in [0.1, 0.15) is 0 Å². The molecule has 0 spiro atoms. The highest BCUT2D eigenvalue weighted by Gasteiger charge is 2.30. The highest BCUT2D eigenvalue weighted by molar-refractivity contribution is 5.96. The predicted octanol–water partition coefficient (Wildman–Crippen LogP) is 0.880. The Bertz CT molecular complexity index is 461. The number of amides is 1. The number of carbonyl (C=O) groups is 1. The van der Waals surface area contributed by atoms with Crippen LogP contribution in [0.2, 0.25) is 0 Å². The molecule has 1 aliphatic rings. The normalized spacial score (nSPS) is 22.7. The van der Waals surface area contributed by atoms with Crippen LogP contribution in [0.4, 0.5) is 0 Å². The fourth-order valence-corrected chi connectivity index (χ4v) is 2.59. The second-order valence-corrected chi connectivity index (χ2v) is 5.35. The summed E-state index contributed by atoms with van der Waals surface area (Å²) in [5.74, 6) is 0.464. The van der Waals surface area contributed by atoms with Crippen molar-refractivity contribution in [3.63, 3.8) is 0 Å². The number of aromatic nitrogens is 2. The number of hydrogen-bond acceptors (Lipinski definition) is 3. The van der Waals surface area contributed by atoms with Crippen LogP contribution in [0.15, 0.2) is 0 Å². The molecule has 0 bridgehead atoms. The summed E-state index contributed by atoms with van der Waals surface area (Å²) in [4.78, 5) is 14.1. The second-order valence-electron chi connectivity index (χ2n) is 5.35. The summed E-state index contributed by atoms with van der Waals surface area (Å²) in [7, 11) is 3.67. The standard InChI is InChI=1S/C13H21N3O2/c1-8-12(9(2)16(4)14-8)13(18)15(3)7-10-5-11(17)6-10/h10-11,17H,5-7H2,1-4H3. The average Bonchev–Trinajstić information content (AvgIpc) is 2.50. The van der Waals surface area contributed by atoms with Gasteiger partial charge in [-0.25, -0.2) is 0 Å². The van der Waals surface area contributed by atoms with Gasteiger partial charge in [0, 0.05) is 26.3 Å². The van der Waals surface area contributed by atoms with E-state index < -0.39 is 0 Å². The molecule has 1 amide bonds. The molecule has 5 heteroatoms. The monoisotopic (exact) mass is 251 g/mol. The number of aliphatic hydroxyl groups is 1. The molecular formula is C13H21N3O2. The van der Waals surface area contributed by atoms with Crippen molar-refractivity contribution in [3.8, 4) is 0 Å². The molecular weight excluding hydrogens is 230 g/mol. The Kier molecular flexibility index (Phi) is 3.43. The number of carbonyl (C=O) groups excluding carboxylic acids is 1. The quantitative estimate of drug-likeness (QED) is 0.867. The molecule has 0 aromatic carbocycles. The molecule has 5 nitrogen and oxygen atoms in total. The molecule has 1 aromatic heterocycles. The first-order chi connectivity index (χ1) is 8.40. The van der Waals surface area contributed by atoms with E-state index in [1.165, 1.54) is 0 Å². The minimum atomic E-state index is -0.166. The van der Waals surface area contributed by atoms with Gasteiger partial charge in [-0.1, -0.05) is 0 Å². The maximum atomic E-state index is 12.4. The molecule has 1 heterocycles. The number of aliphatic hydroxyl groups excluding tert-OH is 1. The zero-order chi connectivity index (χ0) is 13.4. The van der Waals surface area contributed by atoms with Gasteiger partial charge >= 0.3 is 0 Å². The Balaban J connectivity index is 2.06. The Morgan fingerprint density at radius 1 is 1.50 bits per heavy atom. The van der Waals surface area contributed by atoms with E-state index in [2.05, 4.69) is 5.10 Å². The Hall–Kier alpha value is -1.36. The van der Waals surface area contributed by atoms with Crippen LogP contribution >= 0.6 is 0 Å². The Morgan fingerprint density at radius 3 is 2.56 bits per heavy atom. The van der Waals surface area contributed by atoms with Gasteiger partial charge < -0.3 is 10.0 Å². The highest BCUT2D eigenvalue weighted by Crippen LogP contribution is 2.28. The predicted molar refractivity (Wildman–Crippen MR) is 68.4 cm³/mol. The molecule has 1 fully saturated rings. The van der Waals surface area contributed by atoms with Crippen molar-refractivity contribution < 1.29 is 9.90 Å². The smallest absolute Gasteiger partial charge is 0.257 e. The van der Waals surface area contributed by atoms with Crippen molar-refractivity contribution in [2.75, 3.05) is 13.6 Å². The van der Waals surface area contributed by atoms with Crippen LogP contribution in [0.3, 0.4) is 0 Å². The van der Waals surface area contributed by atoms with Crippen LogP contribution in [0.5, 0.6) is 0 Å². The van der Waals surface area contributed by atoms with Gasteiger partial charge in [-0.2, -0.15) is 5.10 Å². The number of rotatable bonds is 3. The summed E-state index contributed by atoms with van der Waals surface area (Å²) >= 11 is 0. The van der Waals surface area contributed by atoms with E-state index in [9.17, 15) is 9.90 Å². The summed E-state index contributed by atoms with van der Waals surface area (Å²) in [6.07, 6.45) is 1.45. The SMILES string of the molecule is Cc1nn(C)c(C)c1C(=O)N(C)CC1CC(O)C1. The van der Waals surface area contributed by atoms with E-state index in [1.807, 2.05) is 27.9 Å². The van der Waals surface area contributed by atoms with E-state index in [1.54, 1.807) is 9.58 Å². The molecule has 2 rings (SSSR count). The van der Waals surface area contributed by atoms with Crippen LogP contribution in [-0.4, -0.2) is 45.4 Å². The molecule has 0 radical (unpaired) electrons. The summed E-state index contributed by atoms with van der Waals surface area (Å²) in [6.45, 7) is 4.49. The molecule has 0 saturated heterocycles. The molecule has 0 unspecified atom stereocenters. The van der Waals surface area contributed by atoms with E-state index >= 15 is 0 Å². The third-order valence-corrected chi connectivity index (χ3v) is 3.81. The number of aryl methyl sites for hydroxylation is 2. The van der Waals surface area contributed by atoms with Gasteiger partial charge in [0.25, 0.3) is 5.91 Å². The zero-order valence-corrected chi connectivity index (χ0v) is 11.5. The van der Waals surface area contributed by atoms with Gasteiger partial charge in [-0.3, -0.25) is 9.48 Å². The molecule has 1 saturated carbocycles. The lowest BCUT2D eigenvalue weighted by atomic mass is 9.82. The first-order valence-electron chi connectivity index (χ1n) is 6.34. The zero-order valence-electron chi connectivity index (χ0n) is 11.5.